The Morgan fingerprint density at radius 1 is 1.46 bits per heavy atom. The fourth-order valence-corrected chi connectivity index (χ4v) is 0.937. The number of alkyl halides is 2. The van der Waals surface area contributed by atoms with Crippen LogP contribution >= 0.6 is 0 Å². The topological polar surface area (TPSA) is 12.0 Å². The zero-order valence-corrected chi connectivity index (χ0v) is 6.93. The molecule has 0 aliphatic heterocycles. The molecule has 0 amide bonds. The first-order valence-electron chi connectivity index (χ1n) is 3.79. The van der Waals surface area contributed by atoms with E-state index in [-0.39, 0.29) is 5.56 Å². The summed E-state index contributed by atoms with van der Waals surface area (Å²) < 4.78 is 24.4. The summed E-state index contributed by atoms with van der Waals surface area (Å²) >= 11 is 0. The molecule has 0 aromatic heterocycles. The minimum atomic E-state index is -2.44. The predicted molar refractivity (Wildman–Crippen MR) is 48.7 cm³/mol. The molecule has 0 aliphatic carbocycles. The lowest BCUT2D eigenvalue weighted by Gasteiger charge is -2.04. The molecule has 0 bridgehead atoms. The zero-order chi connectivity index (χ0) is 9.68. The summed E-state index contributed by atoms with van der Waals surface area (Å²) in [6.45, 7) is 0.340. The molecule has 0 saturated heterocycles. The second kappa shape index (κ2) is 4.46. The summed E-state index contributed by atoms with van der Waals surface area (Å²) in [5.41, 5.74) is 0.623. The first-order valence-corrected chi connectivity index (χ1v) is 3.79. The van der Waals surface area contributed by atoms with Crippen LogP contribution in [0.4, 0.5) is 14.5 Å². The van der Waals surface area contributed by atoms with E-state index in [4.69, 9.17) is 6.42 Å². The number of hydrogen-bond donors (Lipinski definition) is 1. The van der Waals surface area contributed by atoms with Crippen LogP contribution in [0.25, 0.3) is 0 Å². The molecule has 1 nitrogen and oxygen atoms in total. The minimum absolute atomic E-state index is 0.00187. The van der Waals surface area contributed by atoms with Crippen molar-refractivity contribution in [1.82, 2.24) is 0 Å². The van der Waals surface area contributed by atoms with Crippen LogP contribution in [0.2, 0.25) is 0 Å². The third kappa shape index (κ3) is 2.75. The van der Waals surface area contributed by atoms with Gasteiger partial charge in [0.1, 0.15) is 0 Å². The number of benzene rings is 1. The van der Waals surface area contributed by atoms with Gasteiger partial charge in [-0.3, -0.25) is 0 Å². The molecule has 0 radical (unpaired) electrons. The van der Waals surface area contributed by atoms with Crippen molar-refractivity contribution in [3.63, 3.8) is 0 Å². The molecule has 0 fully saturated rings. The van der Waals surface area contributed by atoms with E-state index in [9.17, 15) is 8.78 Å². The number of anilines is 1. The van der Waals surface area contributed by atoms with Crippen molar-refractivity contribution < 1.29 is 8.78 Å². The van der Waals surface area contributed by atoms with Crippen molar-refractivity contribution >= 4 is 5.69 Å². The fraction of sp³-hybridized carbons (Fsp3) is 0.200. The highest BCUT2D eigenvalue weighted by Crippen LogP contribution is 2.21. The Morgan fingerprint density at radius 2 is 2.23 bits per heavy atom. The number of nitrogens with one attached hydrogen (secondary N) is 1. The molecule has 0 saturated carbocycles. The van der Waals surface area contributed by atoms with Gasteiger partial charge >= 0.3 is 0 Å². The SMILES string of the molecule is C#CCNc1cccc(C(F)F)c1. The predicted octanol–water partition coefficient (Wildman–Crippen LogP) is 2.67. The zero-order valence-electron chi connectivity index (χ0n) is 6.93. The van der Waals surface area contributed by atoms with Crippen molar-refractivity contribution in [2.75, 3.05) is 11.9 Å². The van der Waals surface area contributed by atoms with Crippen molar-refractivity contribution in [2.45, 2.75) is 6.43 Å². The summed E-state index contributed by atoms with van der Waals surface area (Å²) in [6.07, 6.45) is 2.58. The lowest BCUT2D eigenvalue weighted by Crippen LogP contribution is -1.98. The molecule has 13 heavy (non-hydrogen) atoms. The molecule has 1 aromatic rings. The third-order valence-corrected chi connectivity index (χ3v) is 1.53. The minimum Gasteiger partial charge on any atom is -0.374 e. The average molecular weight is 181 g/mol. The van der Waals surface area contributed by atoms with Gasteiger partial charge in [-0.25, -0.2) is 8.78 Å². The third-order valence-electron chi connectivity index (χ3n) is 1.53. The normalized spacial score (nSPS) is 9.69. The molecular weight excluding hydrogens is 172 g/mol. The Labute approximate surface area is 75.8 Å². The number of rotatable bonds is 3. The highest BCUT2D eigenvalue weighted by atomic mass is 19.3. The van der Waals surface area contributed by atoms with E-state index in [2.05, 4.69) is 11.2 Å². The Kier molecular flexibility index (Phi) is 3.27. The van der Waals surface area contributed by atoms with Gasteiger partial charge in [-0.05, 0) is 12.1 Å². The van der Waals surface area contributed by atoms with E-state index in [0.29, 0.717) is 12.2 Å². The second-order valence-electron chi connectivity index (χ2n) is 2.48. The maximum absolute atomic E-state index is 12.2. The van der Waals surface area contributed by atoms with E-state index >= 15 is 0 Å². The highest BCUT2D eigenvalue weighted by molar-refractivity contribution is 5.46. The smallest absolute Gasteiger partial charge is 0.263 e. The van der Waals surface area contributed by atoms with Crippen LogP contribution < -0.4 is 5.32 Å². The van der Waals surface area contributed by atoms with Crippen molar-refractivity contribution in [2.24, 2.45) is 0 Å². The van der Waals surface area contributed by atoms with Gasteiger partial charge in [-0.2, -0.15) is 0 Å². The van der Waals surface area contributed by atoms with E-state index in [1.807, 2.05) is 0 Å². The first-order chi connectivity index (χ1) is 6.24. The molecule has 1 N–H and O–H groups in total. The molecule has 0 heterocycles. The Balaban J connectivity index is 2.75. The van der Waals surface area contributed by atoms with Gasteiger partial charge in [0.2, 0.25) is 0 Å². The molecule has 0 atom stereocenters. The van der Waals surface area contributed by atoms with Crippen LogP contribution in [-0.4, -0.2) is 6.54 Å². The molecule has 0 aliphatic rings. The second-order valence-corrected chi connectivity index (χ2v) is 2.48. The van der Waals surface area contributed by atoms with Crippen molar-refractivity contribution in [1.29, 1.82) is 0 Å². The maximum atomic E-state index is 12.2. The molecule has 1 aromatic carbocycles. The summed E-state index contributed by atoms with van der Waals surface area (Å²) in [4.78, 5) is 0. The van der Waals surface area contributed by atoms with Gasteiger partial charge in [0.25, 0.3) is 6.43 Å². The van der Waals surface area contributed by atoms with Gasteiger partial charge in [-0.1, -0.05) is 18.1 Å². The molecule has 0 spiro atoms. The van der Waals surface area contributed by atoms with Gasteiger partial charge in [0, 0.05) is 11.3 Å². The average Bonchev–Trinajstić information content (AvgIpc) is 2.15. The summed E-state index contributed by atoms with van der Waals surface area (Å²) in [5, 5.41) is 2.82. The van der Waals surface area contributed by atoms with Gasteiger partial charge < -0.3 is 5.32 Å². The number of halogens is 2. The standard InChI is InChI=1S/C10H9F2N/c1-2-6-13-9-5-3-4-8(7-9)10(11)12/h1,3-5,7,10,13H,6H2. The Bertz CT molecular complexity index is 315. The molecule has 1 rings (SSSR count). The highest BCUT2D eigenvalue weighted by Gasteiger charge is 2.05. The summed E-state index contributed by atoms with van der Waals surface area (Å²) in [7, 11) is 0. The molecule has 0 unspecified atom stereocenters. The van der Waals surface area contributed by atoms with E-state index in [1.165, 1.54) is 12.1 Å². The van der Waals surface area contributed by atoms with Crippen LogP contribution in [0.1, 0.15) is 12.0 Å². The Morgan fingerprint density at radius 3 is 2.85 bits per heavy atom. The largest absolute Gasteiger partial charge is 0.374 e. The fourth-order valence-electron chi connectivity index (χ4n) is 0.937. The van der Waals surface area contributed by atoms with Crippen LogP contribution in [0.5, 0.6) is 0 Å². The van der Waals surface area contributed by atoms with E-state index in [1.54, 1.807) is 12.1 Å². The maximum Gasteiger partial charge on any atom is 0.263 e. The van der Waals surface area contributed by atoms with E-state index in [0.717, 1.165) is 0 Å². The molecular formula is C10H9F2N. The van der Waals surface area contributed by atoms with Crippen molar-refractivity contribution in [3.05, 3.63) is 29.8 Å². The lowest BCUT2D eigenvalue weighted by molar-refractivity contribution is 0.151. The quantitative estimate of drug-likeness (QED) is 0.707. The van der Waals surface area contributed by atoms with Gasteiger partial charge in [0.05, 0.1) is 6.54 Å². The summed E-state index contributed by atoms with van der Waals surface area (Å²) in [6, 6.07) is 6.04. The van der Waals surface area contributed by atoms with E-state index < -0.39 is 6.43 Å². The van der Waals surface area contributed by atoms with Gasteiger partial charge in [0.15, 0.2) is 0 Å². The monoisotopic (exact) mass is 181 g/mol. The summed E-state index contributed by atoms with van der Waals surface area (Å²) in [5.74, 6) is 2.37. The lowest BCUT2D eigenvalue weighted by atomic mass is 10.2. The number of terminal acetylenes is 1. The van der Waals surface area contributed by atoms with Crippen LogP contribution in [0.15, 0.2) is 24.3 Å². The first kappa shape index (κ1) is 9.53. The molecule has 3 heteroatoms. The van der Waals surface area contributed by atoms with Crippen LogP contribution in [0.3, 0.4) is 0 Å². The number of hydrogen-bond acceptors (Lipinski definition) is 1. The molecule has 68 valence electrons. The Hall–Kier alpha value is -1.56. The van der Waals surface area contributed by atoms with Crippen LogP contribution in [0, 0.1) is 12.3 Å². The van der Waals surface area contributed by atoms with Gasteiger partial charge in [-0.15, -0.1) is 6.42 Å². The van der Waals surface area contributed by atoms with Crippen molar-refractivity contribution in [3.8, 4) is 12.3 Å². The van der Waals surface area contributed by atoms with Crippen LogP contribution in [-0.2, 0) is 0 Å².